The van der Waals surface area contributed by atoms with Gasteiger partial charge < -0.3 is 20.3 Å². The van der Waals surface area contributed by atoms with E-state index in [0.717, 1.165) is 29.8 Å². The molecule has 2 aliphatic heterocycles. The van der Waals surface area contributed by atoms with E-state index >= 15 is 0 Å². The smallest absolute Gasteiger partial charge is 0.319 e. The molecule has 1 atom stereocenters. The highest BCUT2D eigenvalue weighted by molar-refractivity contribution is 8.23. The van der Waals surface area contributed by atoms with E-state index in [1.807, 2.05) is 24.3 Å². The largest absolute Gasteiger partial charge is 0.377 e. The Morgan fingerprint density at radius 3 is 2.68 bits per heavy atom. The Morgan fingerprint density at radius 1 is 1.19 bits per heavy atom. The predicted octanol–water partition coefficient (Wildman–Crippen LogP) is 3.42. The van der Waals surface area contributed by atoms with Gasteiger partial charge >= 0.3 is 6.03 Å². The van der Waals surface area contributed by atoms with E-state index in [-0.39, 0.29) is 23.6 Å². The van der Waals surface area contributed by atoms with Gasteiger partial charge in [0, 0.05) is 29.4 Å². The van der Waals surface area contributed by atoms with Crippen LogP contribution in [0.4, 0.5) is 16.3 Å². The van der Waals surface area contributed by atoms with E-state index in [2.05, 4.69) is 27.4 Å². The molecule has 2 aromatic rings. The lowest BCUT2D eigenvalue weighted by Crippen LogP contribution is -2.44. The molecule has 0 radical (unpaired) electrons. The summed E-state index contributed by atoms with van der Waals surface area (Å²) in [4.78, 5) is 23.6. The predicted molar refractivity (Wildman–Crippen MR) is 121 cm³/mol. The van der Waals surface area contributed by atoms with Gasteiger partial charge in [-0.1, -0.05) is 0 Å². The number of rotatable bonds is 4. The molecule has 0 unspecified atom stereocenters. The summed E-state index contributed by atoms with van der Waals surface area (Å²) in [6, 6.07) is 7.62. The molecule has 1 saturated heterocycles. The second kappa shape index (κ2) is 7.94. The fourth-order valence-corrected chi connectivity index (χ4v) is 5.51. The molecule has 0 spiro atoms. The number of urea groups is 1. The SMILES string of the molecule is C[C@H]1COCCN1c1nc(-c2ccc(NC(=O)NC3CC3)cc2)nc2c1CS(O)(O)C2. The summed E-state index contributed by atoms with van der Waals surface area (Å²) in [7, 11) is -2.72. The lowest BCUT2D eigenvalue weighted by molar-refractivity contribution is 0.0984. The lowest BCUT2D eigenvalue weighted by atomic mass is 10.1. The van der Waals surface area contributed by atoms with Gasteiger partial charge in [-0.15, -0.1) is 0 Å². The molecule has 3 heterocycles. The maximum absolute atomic E-state index is 11.9. The second-order valence-electron chi connectivity index (χ2n) is 8.45. The van der Waals surface area contributed by atoms with Gasteiger partial charge in [0.1, 0.15) is 5.82 Å². The Labute approximate surface area is 182 Å². The minimum atomic E-state index is -2.72. The molecule has 3 aliphatic rings. The van der Waals surface area contributed by atoms with Gasteiger partial charge in [-0.25, -0.2) is 14.8 Å². The van der Waals surface area contributed by atoms with Gasteiger partial charge in [-0.2, -0.15) is 10.6 Å². The maximum Gasteiger partial charge on any atom is 0.319 e. The molecule has 9 nitrogen and oxygen atoms in total. The third kappa shape index (κ3) is 4.47. The Hall–Kier alpha value is -2.40. The van der Waals surface area contributed by atoms with Crippen molar-refractivity contribution in [2.45, 2.75) is 43.4 Å². The fourth-order valence-electron chi connectivity index (χ4n) is 3.98. The molecule has 2 amide bonds. The van der Waals surface area contributed by atoms with E-state index in [4.69, 9.17) is 9.72 Å². The van der Waals surface area contributed by atoms with Crippen molar-refractivity contribution in [3.63, 3.8) is 0 Å². The number of hydrogen-bond donors (Lipinski definition) is 4. The number of ether oxygens (including phenoxy) is 1. The average molecular weight is 446 g/mol. The van der Waals surface area contributed by atoms with Crippen molar-refractivity contribution in [2.24, 2.45) is 0 Å². The van der Waals surface area contributed by atoms with Crippen LogP contribution < -0.4 is 15.5 Å². The molecule has 5 rings (SSSR count). The third-order valence-electron chi connectivity index (χ3n) is 5.77. The number of anilines is 2. The summed E-state index contributed by atoms with van der Waals surface area (Å²) < 4.78 is 26.2. The number of carbonyl (C=O) groups excluding carboxylic acids is 1. The number of carbonyl (C=O) groups is 1. The van der Waals surface area contributed by atoms with Gasteiger partial charge in [0.25, 0.3) is 0 Å². The molecular weight excluding hydrogens is 418 g/mol. The Kier molecular flexibility index (Phi) is 5.25. The zero-order chi connectivity index (χ0) is 21.6. The number of hydrogen-bond acceptors (Lipinski definition) is 7. The number of amides is 2. The van der Waals surface area contributed by atoms with Gasteiger partial charge in [-0.05, 0) is 44.0 Å². The van der Waals surface area contributed by atoms with Crippen LogP contribution >= 0.6 is 10.6 Å². The van der Waals surface area contributed by atoms with Gasteiger partial charge in [0.05, 0.1) is 36.5 Å². The van der Waals surface area contributed by atoms with Crippen molar-refractivity contribution < 1.29 is 18.6 Å². The molecule has 2 fully saturated rings. The number of aromatic nitrogens is 2. The van der Waals surface area contributed by atoms with Crippen LogP contribution in [-0.4, -0.2) is 56.9 Å². The molecule has 31 heavy (non-hydrogen) atoms. The summed E-state index contributed by atoms with van der Waals surface area (Å²) in [5.41, 5.74) is 3.03. The summed E-state index contributed by atoms with van der Waals surface area (Å²) >= 11 is 0. The van der Waals surface area contributed by atoms with Gasteiger partial charge in [-0.3, -0.25) is 9.11 Å². The number of nitrogens with one attached hydrogen (secondary N) is 2. The van der Waals surface area contributed by atoms with Crippen LogP contribution in [0.15, 0.2) is 24.3 Å². The Balaban J connectivity index is 1.44. The third-order valence-corrected chi connectivity index (χ3v) is 7.25. The molecule has 1 aliphatic carbocycles. The molecular formula is C21H27N5O4S. The van der Waals surface area contributed by atoms with Crippen molar-refractivity contribution in [1.29, 1.82) is 0 Å². The quantitative estimate of drug-likeness (QED) is 0.569. The first-order valence-electron chi connectivity index (χ1n) is 10.5. The van der Waals surface area contributed by atoms with Gasteiger partial charge in [0.2, 0.25) is 0 Å². The molecule has 166 valence electrons. The highest BCUT2D eigenvalue weighted by Gasteiger charge is 2.34. The summed E-state index contributed by atoms with van der Waals surface area (Å²) in [5, 5.41) is 5.73. The average Bonchev–Trinajstić information content (AvgIpc) is 3.47. The highest BCUT2D eigenvalue weighted by Crippen LogP contribution is 2.54. The van der Waals surface area contributed by atoms with Gasteiger partial charge in [0.15, 0.2) is 5.82 Å². The summed E-state index contributed by atoms with van der Waals surface area (Å²) in [6.07, 6.45) is 2.08. The van der Waals surface area contributed by atoms with Crippen LogP contribution in [0.2, 0.25) is 0 Å². The zero-order valence-corrected chi connectivity index (χ0v) is 18.2. The highest BCUT2D eigenvalue weighted by atomic mass is 32.3. The monoisotopic (exact) mass is 445 g/mol. The van der Waals surface area contributed by atoms with Crippen molar-refractivity contribution in [2.75, 3.05) is 30.0 Å². The van der Waals surface area contributed by atoms with Crippen LogP contribution in [-0.2, 0) is 16.2 Å². The molecule has 0 bridgehead atoms. The standard InChI is InChI=1S/C21H27N5O4S/c1-13-10-30-9-8-26(13)20-17-11-31(28,29)12-18(17)24-19(25-20)14-2-4-15(5-3-14)22-21(27)23-16-6-7-16/h2-5,13,16,28-29H,6-12H2,1H3,(H2,22,23,27)/t13-/m0/s1. The van der Waals surface area contributed by atoms with Crippen molar-refractivity contribution in [1.82, 2.24) is 15.3 Å². The van der Waals surface area contributed by atoms with Crippen LogP contribution in [0, 0.1) is 0 Å². The van der Waals surface area contributed by atoms with E-state index < -0.39 is 10.6 Å². The summed E-state index contributed by atoms with van der Waals surface area (Å²) in [6.45, 7) is 3.99. The van der Waals surface area contributed by atoms with E-state index in [1.165, 1.54) is 0 Å². The first kappa shape index (κ1) is 20.5. The van der Waals surface area contributed by atoms with E-state index in [9.17, 15) is 13.9 Å². The van der Waals surface area contributed by atoms with Crippen LogP contribution in [0.25, 0.3) is 11.4 Å². The Morgan fingerprint density at radius 2 is 1.97 bits per heavy atom. The number of nitrogens with zero attached hydrogens (tertiary/aromatic N) is 3. The topological polar surface area (TPSA) is 120 Å². The van der Waals surface area contributed by atoms with E-state index in [1.54, 1.807) is 0 Å². The number of morpholine rings is 1. The minimum absolute atomic E-state index is 0.138. The van der Waals surface area contributed by atoms with Crippen molar-refractivity contribution in [3.8, 4) is 11.4 Å². The first-order valence-corrected chi connectivity index (χ1v) is 12.4. The normalized spacial score (nSPS) is 23.2. The first-order chi connectivity index (χ1) is 14.9. The van der Waals surface area contributed by atoms with Crippen LogP contribution in [0.5, 0.6) is 0 Å². The number of fused-ring (bicyclic) bond motifs is 1. The summed E-state index contributed by atoms with van der Waals surface area (Å²) in [5.74, 6) is 1.66. The molecule has 1 aromatic carbocycles. The van der Waals surface area contributed by atoms with Crippen LogP contribution in [0.1, 0.15) is 31.0 Å². The minimum Gasteiger partial charge on any atom is -0.377 e. The Bertz CT molecular complexity index is 996. The lowest BCUT2D eigenvalue weighted by Gasteiger charge is -2.35. The number of benzene rings is 1. The molecule has 4 N–H and O–H groups in total. The van der Waals surface area contributed by atoms with Crippen molar-refractivity contribution >= 4 is 28.1 Å². The van der Waals surface area contributed by atoms with Crippen LogP contribution in [0.3, 0.4) is 0 Å². The fraction of sp³-hybridized carbons (Fsp3) is 0.476. The zero-order valence-electron chi connectivity index (χ0n) is 17.4. The molecule has 1 saturated carbocycles. The maximum atomic E-state index is 11.9. The second-order valence-corrected chi connectivity index (χ2v) is 10.6. The molecule has 1 aromatic heterocycles. The molecule has 10 heteroatoms. The van der Waals surface area contributed by atoms with E-state index in [0.29, 0.717) is 43.0 Å². The van der Waals surface area contributed by atoms with Crippen molar-refractivity contribution in [3.05, 3.63) is 35.5 Å².